The molecule has 1 unspecified atom stereocenters. The number of nitrogen functional groups attached to an aromatic ring is 1. The fraction of sp³-hybridized carbons (Fsp3) is 0.519. The number of pyridine rings is 1. The van der Waals surface area contributed by atoms with Crippen LogP contribution in [0, 0.1) is 0 Å². The average molecular weight is 505 g/mol. The summed E-state index contributed by atoms with van der Waals surface area (Å²) < 4.78 is 11.3. The van der Waals surface area contributed by atoms with Gasteiger partial charge in [-0.15, -0.1) is 0 Å². The van der Waals surface area contributed by atoms with Crippen LogP contribution in [-0.4, -0.2) is 83.4 Å². The first kappa shape index (κ1) is 25.3. The van der Waals surface area contributed by atoms with Crippen LogP contribution in [0.25, 0.3) is 11.3 Å². The van der Waals surface area contributed by atoms with Gasteiger partial charge in [0.1, 0.15) is 6.61 Å². The van der Waals surface area contributed by atoms with Gasteiger partial charge in [0.25, 0.3) is 0 Å². The highest BCUT2D eigenvalue weighted by Crippen LogP contribution is 2.39. The van der Waals surface area contributed by atoms with Gasteiger partial charge in [-0.1, -0.05) is 6.07 Å². The van der Waals surface area contributed by atoms with Crippen molar-refractivity contribution >= 4 is 11.9 Å². The third kappa shape index (κ3) is 6.31. The number of nitrogens with two attached hydrogens (primary N) is 1. The van der Waals surface area contributed by atoms with Crippen LogP contribution in [0.3, 0.4) is 0 Å². The van der Waals surface area contributed by atoms with Crippen LogP contribution in [0.15, 0.2) is 30.7 Å². The smallest absolute Gasteiger partial charge is 0.226 e. The zero-order chi connectivity index (χ0) is 25.6. The van der Waals surface area contributed by atoms with E-state index in [0.29, 0.717) is 31.6 Å². The lowest BCUT2D eigenvalue weighted by molar-refractivity contribution is 0.122. The number of hydrogen-bond acceptors (Lipinski definition) is 10. The molecule has 1 atom stereocenters. The van der Waals surface area contributed by atoms with Gasteiger partial charge in [0, 0.05) is 61.3 Å². The molecule has 10 heteroatoms. The van der Waals surface area contributed by atoms with E-state index in [1.165, 1.54) is 11.1 Å². The van der Waals surface area contributed by atoms with Gasteiger partial charge in [-0.3, -0.25) is 0 Å². The molecule has 37 heavy (non-hydrogen) atoms. The number of hydrogen-bond donors (Lipinski definition) is 1. The van der Waals surface area contributed by atoms with Crippen molar-refractivity contribution in [3.63, 3.8) is 0 Å². The SMILES string of the molecule is CN(C)CCOc1ccc(CCC2CCCc3c(-c4cnc(N)nc4)nc(N4CCOCC4)nc32)cn1. The predicted molar refractivity (Wildman–Crippen MR) is 143 cm³/mol. The van der Waals surface area contributed by atoms with Gasteiger partial charge in [0.15, 0.2) is 0 Å². The number of morpholine rings is 1. The summed E-state index contributed by atoms with van der Waals surface area (Å²) in [6.45, 7) is 4.44. The van der Waals surface area contributed by atoms with E-state index in [0.717, 1.165) is 74.6 Å². The third-order valence-corrected chi connectivity index (χ3v) is 7.00. The molecule has 196 valence electrons. The van der Waals surface area contributed by atoms with Crippen molar-refractivity contribution in [2.75, 3.05) is 64.2 Å². The van der Waals surface area contributed by atoms with Gasteiger partial charge in [0.05, 0.1) is 24.6 Å². The molecule has 2 N–H and O–H groups in total. The molecule has 0 bridgehead atoms. The number of aromatic nitrogens is 5. The van der Waals surface area contributed by atoms with Crippen molar-refractivity contribution in [2.24, 2.45) is 0 Å². The molecule has 2 aliphatic rings. The Bertz CT molecular complexity index is 1160. The predicted octanol–water partition coefficient (Wildman–Crippen LogP) is 2.74. The quantitative estimate of drug-likeness (QED) is 0.466. The summed E-state index contributed by atoms with van der Waals surface area (Å²) in [6, 6.07) is 4.09. The van der Waals surface area contributed by atoms with Crippen LogP contribution in [0.2, 0.25) is 0 Å². The van der Waals surface area contributed by atoms with E-state index in [-0.39, 0.29) is 5.95 Å². The maximum absolute atomic E-state index is 5.76. The van der Waals surface area contributed by atoms with Crippen molar-refractivity contribution in [3.8, 4) is 17.1 Å². The van der Waals surface area contributed by atoms with Crippen LogP contribution in [-0.2, 0) is 17.6 Å². The zero-order valence-electron chi connectivity index (χ0n) is 21.8. The Kier molecular flexibility index (Phi) is 8.05. The minimum absolute atomic E-state index is 0.265. The molecule has 3 aromatic rings. The molecule has 0 saturated carbocycles. The first-order chi connectivity index (χ1) is 18.1. The largest absolute Gasteiger partial charge is 0.476 e. The lowest BCUT2D eigenvalue weighted by Gasteiger charge is -2.31. The maximum atomic E-state index is 5.76. The minimum Gasteiger partial charge on any atom is -0.476 e. The monoisotopic (exact) mass is 504 g/mol. The summed E-state index contributed by atoms with van der Waals surface area (Å²) in [5.41, 5.74) is 11.2. The summed E-state index contributed by atoms with van der Waals surface area (Å²) in [6.07, 6.45) is 10.6. The van der Waals surface area contributed by atoms with Gasteiger partial charge in [0.2, 0.25) is 17.8 Å². The van der Waals surface area contributed by atoms with E-state index in [1.54, 1.807) is 12.4 Å². The maximum Gasteiger partial charge on any atom is 0.226 e. The minimum atomic E-state index is 0.265. The van der Waals surface area contributed by atoms with Gasteiger partial charge >= 0.3 is 0 Å². The highest BCUT2D eigenvalue weighted by molar-refractivity contribution is 5.65. The molecule has 3 aromatic heterocycles. The third-order valence-electron chi connectivity index (χ3n) is 7.00. The molecule has 0 radical (unpaired) electrons. The van der Waals surface area contributed by atoms with Crippen LogP contribution < -0.4 is 15.4 Å². The molecular weight excluding hydrogens is 468 g/mol. The molecule has 1 fully saturated rings. The Balaban J connectivity index is 1.36. The standard InChI is InChI=1S/C27H36N8O2/c1-34(2)10-15-37-23-9-7-19(16-29-23)6-8-20-4-3-5-22-24(20)32-27(35-11-13-36-14-12-35)33-25(22)21-17-30-26(28)31-18-21/h7,9,16-18,20H,3-6,8,10-15H2,1-2H3,(H2,28,30,31). The number of fused-ring (bicyclic) bond motifs is 1. The Hall–Kier alpha value is -3.37. The molecule has 10 nitrogen and oxygen atoms in total. The summed E-state index contributed by atoms with van der Waals surface area (Å²) >= 11 is 0. The van der Waals surface area contributed by atoms with Crippen molar-refractivity contribution in [1.29, 1.82) is 0 Å². The normalized spacial score (nSPS) is 17.6. The number of likely N-dealkylation sites (N-methyl/N-ethyl adjacent to an activating group) is 1. The van der Waals surface area contributed by atoms with E-state index in [1.807, 2.05) is 26.4 Å². The molecular formula is C27H36N8O2. The second-order valence-corrected chi connectivity index (χ2v) is 9.95. The van der Waals surface area contributed by atoms with Gasteiger partial charge < -0.3 is 25.0 Å². The lowest BCUT2D eigenvalue weighted by atomic mass is 9.82. The molecule has 0 amide bonds. The fourth-order valence-corrected chi connectivity index (χ4v) is 4.94. The number of anilines is 2. The van der Waals surface area contributed by atoms with Crippen LogP contribution in [0.1, 0.15) is 42.0 Å². The average Bonchev–Trinajstić information content (AvgIpc) is 2.93. The molecule has 0 aromatic carbocycles. The summed E-state index contributed by atoms with van der Waals surface area (Å²) in [5.74, 6) is 2.06. The highest BCUT2D eigenvalue weighted by Gasteiger charge is 2.28. The van der Waals surface area contributed by atoms with E-state index >= 15 is 0 Å². The molecule has 4 heterocycles. The number of nitrogens with zero attached hydrogens (tertiary/aromatic N) is 7. The Morgan fingerprint density at radius 2 is 1.89 bits per heavy atom. The first-order valence-electron chi connectivity index (χ1n) is 13.1. The molecule has 1 aliphatic heterocycles. The molecule has 1 aliphatic carbocycles. The molecule has 5 rings (SSSR count). The van der Waals surface area contributed by atoms with Crippen LogP contribution >= 0.6 is 0 Å². The highest BCUT2D eigenvalue weighted by atomic mass is 16.5. The van der Waals surface area contributed by atoms with Crippen molar-refractivity contribution in [2.45, 2.75) is 38.0 Å². The summed E-state index contributed by atoms with van der Waals surface area (Å²) in [4.78, 5) is 27.4. The second kappa shape index (κ2) is 11.8. The van der Waals surface area contributed by atoms with Gasteiger partial charge in [-0.25, -0.2) is 24.9 Å². The Morgan fingerprint density at radius 1 is 1.08 bits per heavy atom. The van der Waals surface area contributed by atoms with Crippen molar-refractivity contribution < 1.29 is 9.47 Å². The summed E-state index contributed by atoms with van der Waals surface area (Å²) in [7, 11) is 4.06. The summed E-state index contributed by atoms with van der Waals surface area (Å²) in [5, 5.41) is 0. The molecule has 1 saturated heterocycles. The van der Waals surface area contributed by atoms with Crippen molar-refractivity contribution in [1.82, 2.24) is 29.8 Å². The number of aryl methyl sites for hydroxylation is 1. The van der Waals surface area contributed by atoms with Crippen molar-refractivity contribution in [3.05, 3.63) is 47.5 Å². The van der Waals surface area contributed by atoms with Crippen LogP contribution in [0.4, 0.5) is 11.9 Å². The van der Waals surface area contributed by atoms with Crippen LogP contribution in [0.5, 0.6) is 5.88 Å². The topological polar surface area (TPSA) is 115 Å². The molecule has 0 spiro atoms. The van der Waals surface area contributed by atoms with E-state index in [9.17, 15) is 0 Å². The van der Waals surface area contributed by atoms with Gasteiger partial charge in [-0.2, -0.15) is 0 Å². The lowest BCUT2D eigenvalue weighted by Crippen LogP contribution is -2.38. The van der Waals surface area contributed by atoms with E-state index in [4.69, 9.17) is 25.2 Å². The fourth-order valence-electron chi connectivity index (χ4n) is 4.94. The second-order valence-electron chi connectivity index (χ2n) is 9.95. The first-order valence-corrected chi connectivity index (χ1v) is 13.1. The number of ether oxygens (including phenoxy) is 2. The van der Waals surface area contributed by atoms with Gasteiger partial charge in [-0.05, 0) is 51.8 Å². The Morgan fingerprint density at radius 3 is 2.62 bits per heavy atom. The number of rotatable bonds is 9. The Labute approximate surface area is 218 Å². The van der Waals surface area contributed by atoms with E-state index in [2.05, 4.69) is 30.8 Å². The van der Waals surface area contributed by atoms with E-state index < -0.39 is 0 Å². The zero-order valence-corrected chi connectivity index (χ0v) is 21.8.